The summed E-state index contributed by atoms with van der Waals surface area (Å²) in [6.07, 6.45) is 8.02. The predicted octanol–water partition coefficient (Wildman–Crippen LogP) is 2.22. The quantitative estimate of drug-likeness (QED) is 0.726. The molecule has 7 nitrogen and oxygen atoms in total. The number of rotatable bonds is 5. The van der Waals surface area contributed by atoms with Gasteiger partial charge in [-0.25, -0.2) is 4.79 Å². The molecule has 0 radical (unpaired) electrons. The minimum absolute atomic E-state index is 0.358. The van der Waals surface area contributed by atoms with Gasteiger partial charge in [-0.05, 0) is 33.8 Å². The van der Waals surface area contributed by atoms with Crippen molar-refractivity contribution in [2.75, 3.05) is 7.11 Å². The highest BCUT2D eigenvalue weighted by Crippen LogP contribution is 2.52. The van der Waals surface area contributed by atoms with Crippen molar-refractivity contribution in [1.29, 1.82) is 0 Å². The maximum Gasteiger partial charge on any atom is 0.339 e. The highest BCUT2D eigenvalue weighted by Gasteiger charge is 2.70. The van der Waals surface area contributed by atoms with Crippen LogP contribution >= 0.6 is 0 Å². The van der Waals surface area contributed by atoms with E-state index in [4.69, 9.17) is 18.6 Å². The summed E-state index contributed by atoms with van der Waals surface area (Å²) >= 11 is 0. The third kappa shape index (κ3) is 3.71. The standard InChI is InChI=1S/C22H28O7/c1-14-21(3)19(25)22(4,28-14)18(24)20(2,29-21)11-9-7-6-8-10-15-12-16(26-5)13-17(23)27-15/h6-14,18-19,24-25H,1-5H3/b7-6+,10-8+,11-9+/t14-,18+,19-,20+,21+,22-/m1/s1. The summed E-state index contributed by atoms with van der Waals surface area (Å²) in [7, 11) is 1.48. The van der Waals surface area contributed by atoms with Crippen LogP contribution in [-0.4, -0.2) is 52.4 Å². The smallest absolute Gasteiger partial charge is 0.339 e. The lowest BCUT2D eigenvalue weighted by atomic mass is 9.73. The number of aliphatic hydroxyl groups excluding tert-OH is 2. The number of ether oxygens (including phenoxy) is 3. The molecule has 0 aliphatic carbocycles. The molecule has 2 saturated heterocycles. The summed E-state index contributed by atoms with van der Waals surface area (Å²) in [6, 6.07) is 2.88. The van der Waals surface area contributed by atoms with Crippen LogP contribution in [0.25, 0.3) is 6.08 Å². The number of aliphatic hydroxyl groups is 2. The van der Waals surface area contributed by atoms with E-state index in [0.717, 1.165) is 0 Å². The summed E-state index contributed by atoms with van der Waals surface area (Å²) in [5.41, 5.74) is -3.54. The van der Waals surface area contributed by atoms with Gasteiger partial charge in [0.05, 0.1) is 19.3 Å². The summed E-state index contributed by atoms with van der Waals surface area (Å²) in [4.78, 5) is 11.4. The van der Waals surface area contributed by atoms with E-state index >= 15 is 0 Å². The van der Waals surface area contributed by atoms with Gasteiger partial charge in [-0.1, -0.05) is 30.4 Å². The van der Waals surface area contributed by atoms with Crippen LogP contribution in [0.2, 0.25) is 0 Å². The van der Waals surface area contributed by atoms with Crippen molar-refractivity contribution < 1.29 is 28.8 Å². The molecule has 29 heavy (non-hydrogen) atoms. The molecular weight excluding hydrogens is 376 g/mol. The van der Waals surface area contributed by atoms with E-state index in [-0.39, 0.29) is 6.10 Å². The predicted molar refractivity (Wildman–Crippen MR) is 108 cm³/mol. The molecule has 0 spiro atoms. The van der Waals surface area contributed by atoms with Gasteiger partial charge in [0, 0.05) is 6.07 Å². The van der Waals surface area contributed by atoms with Gasteiger partial charge in [-0.15, -0.1) is 0 Å². The lowest BCUT2D eigenvalue weighted by molar-refractivity contribution is -0.261. The van der Waals surface area contributed by atoms with Crippen molar-refractivity contribution in [2.24, 2.45) is 0 Å². The first-order chi connectivity index (χ1) is 13.5. The lowest BCUT2D eigenvalue weighted by Crippen LogP contribution is -2.69. The van der Waals surface area contributed by atoms with Crippen LogP contribution in [0.5, 0.6) is 5.75 Å². The highest BCUT2D eigenvalue weighted by molar-refractivity contribution is 5.47. The molecule has 3 heterocycles. The fourth-order valence-corrected chi connectivity index (χ4v) is 4.13. The van der Waals surface area contributed by atoms with Crippen LogP contribution in [0.3, 0.4) is 0 Å². The van der Waals surface area contributed by atoms with Crippen molar-refractivity contribution in [3.8, 4) is 5.75 Å². The SMILES string of the molecule is COc1cc(/C=C/C=C/C=C/[C@]2(C)O[C@]3(C)[C@@H](O)[C@](C)(O[C@@H]3C)[C@H]2O)oc(=O)c1. The van der Waals surface area contributed by atoms with Gasteiger partial charge in [0.15, 0.2) is 0 Å². The Labute approximate surface area is 169 Å². The third-order valence-electron chi connectivity index (χ3n) is 5.87. The van der Waals surface area contributed by atoms with Gasteiger partial charge in [0.25, 0.3) is 0 Å². The summed E-state index contributed by atoms with van der Waals surface area (Å²) in [5, 5.41) is 21.5. The summed E-state index contributed by atoms with van der Waals surface area (Å²) < 4.78 is 22.1. The van der Waals surface area contributed by atoms with E-state index in [1.807, 2.05) is 6.92 Å². The van der Waals surface area contributed by atoms with E-state index in [9.17, 15) is 15.0 Å². The number of hydrogen-bond acceptors (Lipinski definition) is 7. The molecular formula is C22H28O7. The minimum Gasteiger partial charge on any atom is -0.496 e. The Balaban J connectivity index is 1.71. The zero-order chi connectivity index (χ0) is 21.4. The zero-order valence-electron chi connectivity index (χ0n) is 17.3. The molecule has 0 amide bonds. The Hall–Kier alpha value is -2.19. The van der Waals surface area contributed by atoms with Gasteiger partial charge < -0.3 is 28.8 Å². The average molecular weight is 404 g/mol. The van der Waals surface area contributed by atoms with E-state index in [0.29, 0.717) is 11.5 Å². The maximum absolute atomic E-state index is 11.4. The molecule has 0 saturated carbocycles. The van der Waals surface area contributed by atoms with Crippen molar-refractivity contribution >= 4 is 6.08 Å². The fraction of sp³-hybridized carbons (Fsp3) is 0.500. The van der Waals surface area contributed by atoms with E-state index in [1.165, 1.54) is 13.2 Å². The van der Waals surface area contributed by atoms with E-state index in [2.05, 4.69) is 0 Å². The fourth-order valence-electron chi connectivity index (χ4n) is 4.13. The van der Waals surface area contributed by atoms with Gasteiger partial charge >= 0.3 is 5.63 Å². The second-order valence-electron chi connectivity index (χ2n) is 8.04. The van der Waals surface area contributed by atoms with Crippen molar-refractivity contribution in [2.45, 2.75) is 62.8 Å². The second-order valence-corrected chi connectivity index (χ2v) is 8.04. The molecule has 6 atom stereocenters. The Morgan fingerprint density at radius 1 is 1.03 bits per heavy atom. The van der Waals surface area contributed by atoms with E-state index < -0.39 is 34.6 Å². The van der Waals surface area contributed by atoms with E-state index in [1.54, 1.807) is 63.3 Å². The van der Waals surface area contributed by atoms with Gasteiger partial charge in [-0.2, -0.15) is 0 Å². The number of hydrogen-bond donors (Lipinski definition) is 2. The Morgan fingerprint density at radius 3 is 2.41 bits per heavy atom. The van der Waals surface area contributed by atoms with Crippen LogP contribution in [0.1, 0.15) is 33.5 Å². The highest BCUT2D eigenvalue weighted by atomic mass is 16.6. The lowest BCUT2D eigenvalue weighted by Gasteiger charge is -2.51. The Morgan fingerprint density at radius 2 is 1.72 bits per heavy atom. The third-order valence-corrected chi connectivity index (χ3v) is 5.87. The monoisotopic (exact) mass is 404 g/mol. The zero-order valence-corrected chi connectivity index (χ0v) is 17.3. The summed E-state index contributed by atoms with van der Waals surface area (Å²) in [5.74, 6) is 0.801. The molecule has 158 valence electrons. The molecule has 3 rings (SSSR count). The molecule has 2 aliphatic rings. The van der Waals surface area contributed by atoms with Crippen LogP contribution < -0.4 is 10.4 Å². The van der Waals surface area contributed by atoms with Gasteiger partial charge in [-0.3, -0.25) is 0 Å². The average Bonchev–Trinajstić information content (AvgIpc) is 2.80. The first kappa shape index (κ1) is 21.5. The van der Waals surface area contributed by atoms with Crippen LogP contribution in [-0.2, 0) is 9.47 Å². The first-order valence-electron chi connectivity index (χ1n) is 9.51. The molecule has 1 aromatic heterocycles. The largest absolute Gasteiger partial charge is 0.496 e. The number of allylic oxidation sites excluding steroid dienone is 4. The molecule has 0 unspecified atom stereocenters. The summed E-state index contributed by atoms with van der Waals surface area (Å²) in [6.45, 7) is 7.11. The number of methoxy groups -OCH3 is 1. The molecule has 2 fully saturated rings. The van der Waals surface area contributed by atoms with Gasteiger partial charge in [0.2, 0.25) is 0 Å². The van der Waals surface area contributed by atoms with Crippen LogP contribution in [0.15, 0.2) is 51.7 Å². The van der Waals surface area contributed by atoms with Crippen LogP contribution in [0, 0.1) is 0 Å². The van der Waals surface area contributed by atoms with Crippen molar-refractivity contribution in [1.82, 2.24) is 0 Å². The van der Waals surface area contributed by atoms with Crippen molar-refractivity contribution in [3.05, 3.63) is 58.7 Å². The number of fused-ring (bicyclic) bond motifs is 2. The molecule has 0 aromatic carbocycles. The normalized spacial score (nSPS) is 39.8. The second kappa shape index (κ2) is 7.57. The van der Waals surface area contributed by atoms with Crippen LogP contribution in [0.4, 0.5) is 0 Å². The molecule has 2 aliphatic heterocycles. The first-order valence-corrected chi connectivity index (χ1v) is 9.51. The minimum atomic E-state index is -1.11. The van der Waals surface area contributed by atoms with Crippen molar-refractivity contribution in [3.63, 3.8) is 0 Å². The molecule has 1 aromatic rings. The topological polar surface area (TPSA) is 98.4 Å². The Bertz CT molecular complexity index is 901. The molecule has 2 N–H and O–H groups in total. The van der Waals surface area contributed by atoms with Gasteiger partial charge in [0.1, 0.15) is 40.5 Å². The Kier molecular flexibility index (Phi) is 5.62. The molecule has 7 heteroatoms. The molecule has 2 bridgehead atoms. The maximum atomic E-state index is 11.4.